The van der Waals surface area contributed by atoms with Crippen molar-refractivity contribution in [3.05, 3.63) is 113 Å². The van der Waals surface area contributed by atoms with Gasteiger partial charge in [-0.3, -0.25) is 14.6 Å². The van der Waals surface area contributed by atoms with Crippen molar-refractivity contribution in [2.45, 2.75) is 19.5 Å². The third-order valence-electron chi connectivity index (χ3n) is 6.04. The molecule has 0 aliphatic carbocycles. The summed E-state index contributed by atoms with van der Waals surface area (Å²) >= 11 is 0. The lowest BCUT2D eigenvalue weighted by atomic mass is 9.95. The van der Waals surface area contributed by atoms with Crippen LogP contribution in [0.1, 0.15) is 45.0 Å². The van der Waals surface area contributed by atoms with E-state index in [0.717, 1.165) is 5.39 Å². The predicted molar refractivity (Wildman–Crippen MR) is 130 cm³/mol. The minimum absolute atomic E-state index is 0.0326. The zero-order valence-electron chi connectivity index (χ0n) is 19.4. The van der Waals surface area contributed by atoms with E-state index >= 15 is 0 Å². The van der Waals surface area contributed by atoms with Gasteiger partial charge in [0.05, 0.1) is 23.8 Å². The Morgan fingerprint density at radius 3 is 2.47 bits per heavy atom. The van der Waals surface area contributed by atoms with Gasteiger partial charge in [0, 0.05) is 24.3 Å². The lowest BCUT2D eigenvalue weighted by Crippen LogP contribution is -2.30. The molecule has 2 aromatic carbocycles. The van der Waals surface area contributed by atoms with Crippen LogP contribution >= 0.6 is 0 Å². The highest BCUT2D eigenvalue weighted by atomic mass is 16.5. The number of carbonyl (C=O) groups excluding carboxylic acids is 3. The van der Waals surface area contributed by atoms with E-state index in [-0.39, 0.29) is 24.5 Å². The van der Waals surface area contributed by atoms with E-state index in [2.05, 4.69) is 4.98 Å². The first kappa shape index (κ1) is 23.0. The summed E-state index contributed by atoms with van der Waals surface area (Å²) in [6, 6.07) is 18.0. The smallest absolute Gasteiger partial charge is 0.338 e. The van der Waals surface area contributed by atoms with Crippen LogP contribution in [0.3, 0.4) is 0 Å². The van der Waals surface area contributed by atoms with E-state index in [1.165, 1.54) is 4.90 Å². The van der Waals surface area contributed by atoms with Crippen LogP contribution in [0.15, 0.2) is 94.9 Å². The van der Waals surface area contributed by atoms with Gasteiger partial charge in [-0.05, 0) is 54.4 Å². The van der Waals surface area contributed by atoms with Gasteiger partial charge in [-0.25, -0.2) is 4.79 Å². The molecule has 0 bridgehead atoms. The third kappa shape index (κ3) is 4.13. The highest BCUT2D eigenvalue weighted by Gasteiger charge is 2.44. The van der Waals surface area contributed by atoms with Gasteiger partial charge in [-0.1, -0.05) is 30.3 Å². The van der Waals surface area contributed by atoms with Crippen molar-refractivity contribution in [1.29, 1.82) is 0 Å². The number of para-hydroxylation sites is 1. The number of amides is 1. The van der Waals surface area contributed by atoms with Crippen LogP contribution in [0, 0.1) is 0 Å². The van der Waals surface area contributed by atoms with Crippen LogP contribution in [0.5, 0.6) is 0 Å². The van der Waals surface area contributed by atoms with Crippen molar-refractivity contribution in [3.63, 3.8) is 0 Å². The van der Waals surface area contributed by atoms with Gasteiger partial charge >= 0.3 is 5.97 Å². The molecule has 1 amide bonds. The molecule has 1 unspecified atom stereocenters. The summed E-state index contributed by atoms with van der Waals surface area (Å²) in [4.78, 5) is 44.2. The number of aromatic nitrogens is 1. The molecule has 1 aliphatic rings. The molecule has 0 saturated heterocycles. The second-order valence-corrected chi connectivity index (χ2v) is 8.27. The van der Waals surface area contributed by atoms with E-state index in [1.54, 1.807) is 73.9 Å². The molecule has 1 N–H and O–H groups in total. The summed E-state index contributed by atoms with van der Waals surface area (Å²) in [5.41, 5.74) is 2.18. The van der Waals surface area contributed by atoms with Crippen LogP contribution in [-0.4, -0.2) is 39.3 Å². The van der Waals surface area contributed by atoms with Crippen LogP contribution in [0.25, 0.3) is 11.0 Å². The number of hydrogen-bond donors (Lipinski definition) is 1. The number of benzene rings is 2. The Labute approximate surface area is 206 Å². The normalized spacial score (nSPS) is 15.5. The van der Waals surface area contributed by atoms with Gasteiger partial charge in [-0.15, -0.1) is 0 Å². The molecule has 2 aromatic heterocycles. The molecule has 3 heterocycles. The standard InChI is InChI=1S/C28H22N2O6/c1-2-35-28(34)19-9-7-17(8-10-19)16-30-24(18-11-13-29-14-12-18)23(26(32)27(30)33)25(31)22-15-20-5-3-4-6-21(20)36-22/h3-15,24,32H,2,16H2,1H3. The maximum Gasteiger partial charge on any atom is 0.338 e. The molecule has 0 spiro atoms. The maximum atomic E-state index is 13.6. The van der Waals surface area contributed by atoms with Gasteiger partial charge in [0.25, 0.3) is 5.91 Å². The molecule has 1 aliphatic heterocycles. The first-order valence-corrected chi connectivity index (χ1v) is 11.4. The number of furan rings is 1. The largest absolute Gasteiger partial charge is 0.503 e. The number of hydrogen-bond acceptors (Lipinski definition) is 7. The Morgan fingerprint density at radius 1 is 1.06 bits per heavy atom. The fourth-order valence-electron chi connectivity index (χ4n) is 4.32. The minimum atomic E-state index is -0.856. The number of aliphatic hydroxyl groups excluding tert-OH is 1. The van der Waals surface area contributed by atoms with Crippen molar-refractivity contribution < 1.29 is 28.6 Å². The number of esters is 1. The molecule has 0 radical (unpaired) electrons. The number of rotatable bonds is 7. The average Bonchev–Trinajstić information content (AvgIpc) is 3.44. The minimum Gasteiger partial charge on any atom is -0.503 e. The molecule has 5 rings (SSSR count). The summed E-state index contributed by atoms with van der Waals surface area (Å²) < 4.78 is 10.8. The average molecular weight is 482 g/mol. The van der Waals surface area contributed by atoms with E-state index in [9.17, 15) is 19.5 Å². The van der Waals surface area contributed by atoms with E-state index in [4.69, 9.17) is 9.15 Å². The first-order valence-electron chi connectivity index (χ1n) is 11.4. The van der Waals surface area contributed by atoms with E-state index in [0.29, 0.717) is 22.3 Å². The zero-order valence-corrected chi connectivity index (χ0v) is 19.4. The highest BCUT2D eigenvalue weighted by molar-refractivity contribution is 6.16. The summed E-state index contributed by atoms with van der Waals surface area (Å²) in [6.07, 6.45) is 3.12. The van der Waals surface area contributed by atoms with Crippen LogP contribution in [0.4, 0.5) is 0 Å². The van der Waals surface area contributed by atoms with Crippen molar-refractivity contribution >= 4 is 28.6 Å². The molecule has 0 fully saturated rings. The molecule has 4 aromatic rings. The molecular weight excluding hydrogens is 460 g/mol. The molecule has 1 atom stereocenters. The number of pyridine rings is 1. The van der Waals surface area contributed by atoms with Gasteiger partial charge in [0.15, 0.2) is 11.5 Å². The number of ether oxygens (including phenoxy) is 1. The number of fused-ring (bicyclic) bond motifs is 1. The van der Waals surface area contributed by atoms with Gasteiger partial charge in [0.1, 0.15) is 5.58 Å². The molecular formula is C28H22N2O6. The number of ketones is 1. The van der Waals surface area contributed by atoms with Crippen molar-refractivity contribution in [2.75, 3.05) is 6.61 Å². The first-order chi connectivity index (χ1) is 17.5. The van der Waals surface area contributed by atoms with E-state index < -0.39 is 29.5 Å². The van der Waals surface area contributed by atoms with Crippen molar-refractivity contribution in [1.82, 2.24) is 9.88 Å². The lowest BCUT2D eigenvalue weighted by molar-refractivity contribution is -0.130. The van der Waals surface area contributed by atoms with Gasteiger partial charge in [0.2, 0.25) is 5.78 Å². The second-order valence-electron chi connectivity index (χ2n) is 8.27. The van der Waals surface area contributed by atoms with Crippen molar-refractivity contribution in [3.8, 4) is 0 Å². The molecule has 180 valence electrons. The predicted octanol–water partition coefficient (Wildman–Crippen LogP) is 4.78. The summed E-state index contributed by atoms with van der Waals surface area (Å²) in [5.74, 6) is -2.27. The lowest BCUT2D eigenvalue weighted by Gasteiger charge is -2.26. The summed E-state index contributed by atoms with van der Waals surface area (Å²) in [5, 5.41) is 11.6. The van der Waals surface area contributed by atoms with Crippen molar-refractivity contribution in [2.24, 2.45) is 0 Å². The van der Waals surface area contributed by atoms with Gasteiger partial charge < -0.3 is 19.2 Å². The fourth-order valence-corrected chi connectivity index (χ4v) is 4.32. The topological polar surface area (TPSA) is 110 Å². The zero-order chi connectivity index (χ0) is 25.2. The molecule has 8 nitrogen and oxygen atoms in total. The molecule has 8 heteroatoms. The Kier molecular flexibility index (Phi) is 6.08. The van der Waals surface area contributed by atoms with Crippen LogP contribution < -0.4 is 0 Å². The summed E-state index contributed by atoms with van der Waals surface area (Å²) in [6.45, 7) is 2.09. The molecule has 36 heavy (non-hydrogen) atoms. The number of Topliss-reactive ketones (excluding diaryl/α,β-unsaturated/α-hetero) is 1. The number of aliphatic hydroxyl groups is 1. The summed E-state index contributed by atoms with van der Waals surface area (Å²) in [7, 11) is 0. The maximum absolute atomic E-state index is 13.6. The second kappa shape index (κ2) is 9.50. The van der Waals surface area contributed by atoms with Crippen LogP contribution in [-0.2, 0) is 16.1 Å². The Hall–Kier alpha value is -4.72. The third-order valence-corrected chi connectivity index (χ3v) is 6.04. The quantitative estimate of drug-likeness (QED) is 0.298. The molecule has 0 saturated carbocycles. The van der Waals surface area contributed by atoms with Gasteiger partial charge in [-0.2, -0.15) is 0 Å². The SMILES string of the molecule is CCOC(=O)c1ccc(CN2C(=O)C(O)=C(C(=O)c3cc4ccccc4o3)C2c2ccncc2)cc1. The number of nitrogens with zero attached hydrogens (tertiary/aromatic N) is 2. The van der Waals surface area contributed by atoms with Crippen LogP contribution in [0.2, 0.25) is 0 Å². The monoisotopic (exact) mass is 482 g/mol. The van der Waals surface area contributed by atoms with E-state index in [1.807, 2.05) is 12.1 Å². The Morgan fingerprint density at radius 2 is 1.78 bits per heavy atom. The number of carbonyl (C=O) groups is 3. The Balaban J connectivity index is 1.50. The fraction of sp³-hybridized carbons (Fsp3) is 0.143. The highest BCUT2D eigenvalue weighted by Crippen LogP contribution is 2.40. The Bertz CT molecular complexity index is 1450.